The van der Waals surface area contributed by atoms with Crippen molar-refractivity contribution in [3.05, 3.63) is 40.6 Å². The fraction of sp³-hybridized carbons (Fsp3) is 0.231. The second-order valence-corrected chi connectivity index (χ2v) is 3.91. The van der Waals surface area contributed by atoms with Crippen LogP contribution in [-0.4, -0.2) is 11.9 Å². The molecule has 3 nitrogen and oxygen atoms in total. The number of aliphatic imine (C=N–C) groups is 1. The van der Waals surface area contributed by atoms with E-state index in [4.69, 9.17) is 4.74 Å². The van der Waals surface area contributed by atoms with Crippen molar-refractivity contribution in [2.45, 2.75) is 20.8 Å². The molecule has 1 aromatic carbocycles. The van der Waals surface area contributed by atoms with Gasteiger partial charge in [-0.2, -0.15) is 0 Å². The van der Waals surface area contributed by atoms with Gasteiger partial charge in [0.2, 0.25) is 0 Å². The lowest BCUT2D eigenvalue weighted by molar-refractivity contribution is -0.130. The highest BCUT2D eigenvalue weighted by Crippen LogP contribution is 2.18. The second-order valence-electron chi connectivity index (χ2n) is 3.91. The summed E-state index contributed by atoms with van der Waals surface area (Å²) in [6.45, 7) is 5.69. The Morgan fingerprint density at radius 3 is 2.62 bits per heavy atom. The van der Waals surface area contributed by atoms with E-state index in [9.17, 15) is 4.79 Å². The molecule has 1 heterocycles. The predicted octanol–water partition coefficient (Wildman–Crippen LogP) is 2.62. The molecule has 0 saturated carbocycles. The molecule has 0 aromatic heterocycles. The third kappa shape index (κ3) is 2.03. The zero-order valence-electron chi connectivity index (χ0n) is 9.57. The quantitative estimate of drug-likeness (QED) is 0.533. The Kier molecular flexibility index (Phi) is 2.60. The van der Waals surface area contributed by atoms with Gasteiger partial charge in [-0.15, -0.1) is 0 Å². The molecule has 2 rings (SSSR count). The lowest BCUT2D eigenvalue weighted by Crippen LogP contribution is -2.00. The first kappa shape index (κ1) is 10.6. The molecule has 0 unspecified atom stereocenters. The number of benzene rings is 1. The molecular weight excluding hydrogens is 202 g/mol. The number of rotatable bonds is 1. The highest BCUT2D eigenvalue weighted by molar-refractivity contribution is 6.06. The molecule has 1 aliphatic rings. The van der Waals surface area contributed by atoms with E-state index in [-0.39, 0.29) is 5.97 Å². The number of aryl methyl sites for hydroxylation is 2. The molecule has 0 atom stereocenters. The Hall–Kier alpha value is -1.90. The molecule has 0 fully saturated rings. The molecule has 16 heavy (non-hydrogen) atoms. The summed E-state index contributed by atoms with van der Waals surface area (Å²) in [5.74, 6) is 0.0277. The van der Waals surface area contributed by atoms with Crippen LogP contribution in [-0.2, 0) is 9.53 Å². The summed E-state index contributed by atoms with van der Waals surface area (Å²) < 4.78 is 4.86. The minimum atomic E-state index is -0.376. The van der Waals surface area contributed by atoms with Crippen LogP contribution in [0.25, 0.3) is 6.08 Å². The van der Waals surface area contributed by atoms with E-state index < -0.39 is 0 Å². The first-order valence-corrected chi connectivity index (χ1v) is 5.12. The van der Waals surface area contributed by atoms with Gasteiger partial charge in [0.1, 0.15) is 0 Å². The smallest absolute Gasteiger partial charge is 0.363 e. The number of cyclic esters (lactones) is 1. The van der Waals surface area contributed by atoms with Gasteiger partial charge in [-0.3, -0.25) is 0 Å². The summed E-state index contributed by atoms with van der Waals surface area (Å²) in [6.07, 6.45) is 1.77. The molecule has 0 bridgehead atoms. The predicted molar refractivity (Wildman–Crippen MR) is 63.1 cm³/mol. The second kappa shape index (κ2) is 3.93. The molecule has 0 radical (unpaired) electrons. The van der Waals surface area contributed by atoms with E-state index in [1.165, 1.54) is 0 Å². The van der Waals surface area contributed by atoms with E-state index in [2.05, 4.69) is 4.99 Å². The van der Waals surface area contributed by atoms with Crippen molar-refractivity contribution in [2.75, 3.05) is 0 Å². The molecule has 0 aliphatic carbocycles. The fourth-order valence-electron chi connectivity index (χ4n) is 1.58. The number of nitrogens with zero attached hydrogens (tertiary/aromatic N) is 1. The summed E-state index contributed by atoms with van der Waals surface area (Å²) >= 11 is 0. The molecule has 1 aliphatic heterocycles. The van der Waals surface area contributed by atoms with E-state index >= 15 is 0 Å². The third-order valence-electron chi connectivity index (χ3n) is 2.45. The number of carbonyl (C=O) groups excluding carboxylic acids is 1. The van der Waals surface area contributed by atoms with Crippen molar-refractivity contribution in [2.24, 2.45) is 4.99 Å². The minimum Gasteiger partial charge on any atom is -0.407 e. The van der Waals surface area contributed by atoms with Gasteiger partial charge >= 0.3 is 5.97 Å². The molecule has 0 amide bonds. The largest absolute Gasteiger partial charge is 0.407 e. The Morgan fingerprint density at radius 2 is 2.00 bits per heavy atom. The van der Waals surface area contributed by atoms with E-state index in [1.54, 1.807) is 13.0 Å². The van der Waals surface area contributed by atoms with Crippen molar-refractivity contribution in [3.63, 3.8) is 0 Å². The van der Waals surface area contributed by atoms with E-state index in [0.29, 0.717) is 11.6 Å². The minimum absolute atomic E-state index is 0.367. The van der Waals surface area contributed by atoms with Crippen LogP contribution in [0.15, 0.2) is 28.9 Å². The number of ether oxygens (including phenoxy) is 1. The number of esters is 1. The third-order valence-corrected chi connectivity index (χ3v) is 2.45. The van der Waals surface area contributed by atoms with Crippen molar-refractivity contribution >= 4 is 17.9 Å². The maximum atomic E-state index is 11.4. The molecule has 82 valence electrons. The van der Waals surface area contributed by atoms with Gasteiger partial charge < -0.3 is 4.74 Å². The zero-order valence-corrected chi connectivity index (χ0v) is 9.57. The van der Waals surface area contributed by atoms with Crippen LogP contribution in [0.4, 0.5) is 0 Å². The molecule has 0 spiro atoms. The van der Waals surface area contributed by atoms with Crippen LogP contribution in [0.1, 0.15) is 23.6 Å². The number of carbonyl (C=O) groups is 1. The van der Waals surface area contributed by atoms with E-state index in [0.717, 1.165) is 16.7 Å². The molecule has 3 heteroatoms. The van der Waals surface area contributed by atoms with Gasteiger partial charge in [-0.1, -0.05) is 23.8 Å². The first-order chi connectivity index (χ1) is 7.56. The average Bonchev–Trinajstić information content (AvgIpc) is 2.51. The monoisotopic (exact) mass is 215 g/mol. The van der Waals surface area contributed by atoms with Crippen LogP contribution >= 0.6 is 0 Å². The molecule has 0 saturated heterocycles. The summed E-state index contributed by atoms with van der Waals surface area (Å²) in [4.78, 5) is 15.4. The van der Waals surface area contributed by atoms with Crippen molar-refractivity contribution < 1.29 is 9.53 Å². The van der Waals surface area contributed by atoms with Gasteiger partial charge in [0, 0.05) is 6.92 Å². The average molecular weight is 215 g/mol. The van der Waals surface area contributed by atoms with Gasteiger partial charge in [0.25, 0.3) is 0 Å². The van der Waals surface area contributed by atoms with Gasteiger partial charge in [-0.05, 0) is 31.1 Å². The molecule has 0 N–H and O–H groups in total. The Balaban J connectivity index is 2.43. The number of hydrogen-bond donors (Lipinski definition) is 0. The maximum Gasteiger partial charge on any atom is 0.363 e. The lowest BCUT2D eigenvalue weighted by atomic mass is 10.0. The Morgan fingerprint density at radius 1 is 1.25 bits per heavy atom. The van der Waals surface area contributed by atoms with Gasteiger partial charge in [-0.25, -0.2) is 9.79 Å². The summed E-state index contributed by atoms with van der Waals surface area (Å²) in [5, 5.41) is 0. The normalized spacial score (nSPS) is 17.6. The molecule has 1 aromatic rings. The Labute approximate surface area is 94.5 Å². The van der Waals surface area contributed by atoms with Crippen molar-refractivity contribution in [3.8, 4) is 0 Å². The van der Waals surface area contributed by atoms with Crippen LogP contribution in [0, 0.1) is 13.8 Å². The molecular formula is C13H13NO2. The topological polar surface area (TPSA) is 38.7 Å². The van der Waals surface area contributed by atoms with Crippen LogP contribution in [0.3, 0.4) is 0 Å². The van der Waals surface area contributed by atoms with Crippen molar-refractivity contribution in [1.29, 1.82) is 0 Å². The summed E-state index contributed by atoms with van der Waals surface area (Å²) in [7, 11) is 0. The van der Waals surface area contributed by atoms with Crippen LogP contribution < -0.4 is 0 Å². The standard InChI is InChI=1S/C13H13NO2/c1-8-4-5-9(2)11(6-8)7-12-13(15)16-10(3)14-12/h4-7H,1-3H3/b12-7+. The highest BCUT2D eigenvalue weighted by atomic mass is 16.6. The van der Waals surface area contributed by atoms with Crippen LogP contribution in [0.2, 0.25) is 0 Å². The zero-order chi connectivity index (χ0) is 11.7. The highest BCUT2D eigenvalue weighted by Gasteiger charge is 2.19. The Bertz CT molecular complexity index is 513. The summed E-state index contributed by atoms with van der Waals surface area (Å²) in [5.41, 5.74) is 3.65. The van der Waals surface area contributed by atoms with Gasteiger partial charge in [0.15, 0.2) is 11.6 Å². The fourth-order valence-corrected chi connectivity index (χ4v) is 1.58. The van der Waals surface area contributed by atoms with Crippen molar-refractivity contribution in [1.82, 2.24) is 0 Å². The number of hydrogen-bond acceptors (Lipinski definition) is 3. The summed E-state index contributed by atoms with van der Waals surface area (Å²) in [6, 6.07) is 6.09. The van der Waals surface area contributed by atoms with Gasteiger partial charge in [0.05, 0.1) is 0 Å². The van der Waals surface area contributed by atoms with Crippen LogP contribution in [0.5, 0.6) is 0 Å². The lowest BCUT2D eigenvalue weighted by Gasteiger charge is -2.01. The maximum absolute atomic E-state index is 11.4. The first-order valence-electron chi connectivity index (χ1n) is 5.12. The SMILES string of the molecule is CC1=N/C(=C/c2cc(C)ccc2C)C(=O)O1. The van der Waals surface area contributed by atoms with E-state index in [1.807, 2.05) is 32.0 Å².